The Morgan fingerprint density at radius 1 is 1.17 bits per heavy atom. The maximum absolute atomic E-state index is 10.8. The fourth-order valence-electron chi connectivity index (χ4n) is 4.14. The minimum atomic E-state index is -0.745. The molecule has 0 unspecified atom stereocenters. The van der Waals surface area contributed by atoms with E-state index in [1.54, 1.807) is 12.1 Å². The van der Waals surface area contributed by atoms with Gasteiger partial charge in [0, 0.05) is 39.2 Å². The van der Waals surface area contributed by atoms with Gasteiger partial charge in [0.2, 0.25) is 0 Å². The van der Waals surface area contributed by atoms with Gasteiger partial charge in [0.15, 0.2) is 0 Å². The van der Waals surface area contributed by atoms with Gasteiger partial charge >= 0.3 is 5.97 Å². The van der Waals surface area contributed by atoms with Crippen molar-refractivity contribution in [3.8, 4) is 11.5 Å². The minimum absolute atomic E-state index is 0.0135. The van der Waals surface area contributed by atoms with Gasteiger partial charge in [-0.05, 0) is 44.1 Å². The lowest BCUT2D eigenvalue weighted by Gasteiger charge is -2.38. The zero-order valence-corrected chi connectivity index (χ0v) is 17.5. The molecule has 154 valence electrons. The number of benzene rings is 2. The summed E-state index contributed by atoms with van der Waals surface area (Å²) in [5.74, 6) is 0.841. The maximum atomic E-state index is 10.8. The van der Waals surface area contributed by atoms with Crippen molar-refractivity contribution in [3.05, 3.63) is 57.6 Å². The van der Waals surface area contributed by atoms with Crippen LogP contribution in [0, 0.1) is 0 Å². The monoisotopic (exact) mass is 435 g/mol. The van der Waals surface area contributed by atoms with E-state index in [2.05, 4.69) is 11.0 Å². The summed E-state index contributed by atoms with van der Waals surface area (Å²) in [5, 5.41) is 10.1. The molecule has 29 heavy (non-hydrogen) atoms. The first-order valence-corrected chi connectivity index (χ1v) is 10.5. The second-order valence-electron chi connectivity index (χ2n) is 7.70. The Balaban J connectivity index is 1.41. The van der Waals surface area contributed by atoms with Crippen molar-refractivity contribution in [2.75, 3.05) is 26.2 Å². The number of carboxylic acid groups (broad SMARTS) is 1. The molecule has 2 heterocycles. The molecule has 1 fully saturated rings. The van der Waals surface area contributed by atoms with Crippen LogP contribution in [0.4, 0.5) is 0 Å². The Kier molecular flexibility index (Phi) is 5.91. The molecule has 2 aliphatic heterocycles. The molecule has 0 bridgehead atoms. The number of hydrogen-bond acceptors (Lipinski definition) is 4. The third kappa shape index (κ3) is 4.32. The molecule has 0 saturated carbocycles. The van der Waals surface area contributed by atoms with E-state index in [9.17, 15) is 4.79 Å². The van der Waals surface area contributed by atoms with Crippen LogP contribution in [0.5, 0.6) is 11.5 Å². The Labute approximate surface area is 180 Å². The van der Waals surface area contributed by atoms with Gasteiger partial charge in [-0.25, -0.2) is 0 Å². The molecule has 0 amide bonds. The first kappa shape index (κ1) is 20.3. The zero-order valence-electron chi connectivity index (χ0n) is 16.0. The Morgan fingerprint density at radius 3 is 2.59 bits per heavy atom. The molecule has 0 radical (unpaired) electrons. The number of carboxylic acids is 1. The van der Waals surface area contributed by atoms with Crippen molar-refractivity contribution in [2.24, 2.45) is 0 Å². The molecule has 0 atom stereocenters. The fraction of sp³-hybridized carbons (Fsp3) is 0.409. The lowest BCUT2D eigenvalue weighted by Crippen LogP contribution is -2.44. The van der Waals surface area contributed by atoms with Crippen LogP contribution in [0.1, 0.15) is 30.4 Å². The van der Waals surface area contributed by atoms with Crippen LogP contribution < -0.4 is 9.47 Å². The third-order valence-electron chi connectivity index (χ3n) is 5.93. The SMILES string of the molecule is O=C(O)CCN1CCC2(CC1)COc1cc(OCc3c(Cl)cccc3Cl)ccc12. The number of carbonyl (C=O) groups is 1. The first-order valence-electron chi connectivity index (χ1n) is 9.74. The van der Waals surface area contributed by atoms with Crippen LogP contribution in [-0.2, 0) is 16.8 Å². The summed E-state index contributed by atoms with van der Waals surface area (Å²) in [4.78, 5) is 13.0. The lowest BCUT2D eigenvalue weighted by molar-refractivity contribution is -0.137. The summed E-state index contributed by atoms with van der Waals surface area (Å²) in [6, 6.07) is 11.4. The van der Waals surface area contributed by atoms with E-state index in [4.69, 9.17) is 37.8 Å². The van der Waals surface area contributed by atoms with Gasteiger partial charge in [0.05, 0.1) is 13.0 Å². The third-order valence-corrected chi connectivity index (χ3v) is 6.64. The van der Waals surface area contributed by atoms with E-state index in [-0.39, 0.29) is 11.8 Å². The number of piperidine rings is 1. The van der Waals surface area contributed by atoms with Crippen LogP contribution in [-0.4, -0.2) is 42.2 Å². The topological polar surface area (TPSA) is 59.0 Å². The summed E-state index contributed by atoms with van der Waals surface area (Å²) in [6.45, 7) is 3.34. The number of aliphatic carboxylic acids is 1. The number of fused-ring (bicyclic) bond motifs is 2. The number of ether oxygens (including phenoxy) is 2. The number of rotatable bonds is 6. The standard InChI is InChI=1S/C22H23Cl2NO4/c23-18-2-1-3-19(24)16(18)13-28-15-4-5-17-20(12-15)29-14-22(17)7-10-25(11-8-22)9-6-21(26)27/h1-5,12H,6-11,13-14H2,(H,26,27). The Morgan fingerprint density at radius 2 is 1.90 bits per heavy atom. The number of hydrogen-bond donors (Lipinski definition) is 1. The number of halogens is 2. The summed E-state index contributed by atoms with van der Waals surface area (Å²) in [6.07, 6.45) is 2.13. The molecule has 2 aromatic rings. The molecule has 4 rings (SSSR count). The average Bonchev–Trinajstić information content (AvgIpc) is 3.05. The second-order valence-corrected chi connectivity index (χ2v) is 8.52. The van der Waals surface area contributed by atoms with Crippen LogP contribution in [0.25, 0.3) is 0 Å². The van der Waals surface area contributed by atoms with Gasteiger partial charge in [-0.15, -0.1) is 0 Å². The van der Waals surface area contributed by atoms with Crippen molar-refractivity contribution < 1.29 is 19.4 Å². The van der Waals surface area contributed by atoms with Crippen molar-refractivity contribution in [1.29, 1.82) is 0 Å². The minimum Gasteiger partial charge on any atom is -0.492 e. The van der Waals surface area contributed by atoms with Crippen molar-refractivity contribution in [2.45, 2.75) is 31.3 Å². The predicted octanol–water partition coefficient (Wildman–Crippen LogP) is 4.77. The molecule has 0 aromatic heterocycles. The molecule has 7 heteroatoms. The van der Waals surface area contributed by atoms with Crippen LogP contribution in [0.15, 0.2) is 36.4 Å². The van der Waals surface area contributed by atoms with Crippen molar-refractivity contribution in [3.63, 3.8) is 0 Å². The molecule has 5 nitrogen and oxygen atoms in total. The van der Waals surface area contributed by atoms with Crippen LogP contribution in [0.3, 0.4) is 0 Å². The molecule has 1 spiro atoms. The highest BCUT2D eigenvalue weighted by Crippen LogP contribution is 2.46. The summed E-state index contributed by atoms with van der Waals surface area (Å²) >= 11 is 12.4. The van der Waals surface area contributed by atoms with Gasteiger partial charge in [0.1, 0.15) is 18.1 Å². The van der Waals surface area contributed by atoms with E-state index in [1.165, 1.54) is 5.56 Å². The van der Waals surface area contributed by atoms with Gasteiger partial charge < -0.3 is 19.5 Å². The molecule has 0 aliphatic carbocycles. The van der Waals surface area contributed by atoms with Crippen LogP contribution in [0.2, 0.25) is 10.0 Å². The lowest BCUT2D eigenvalue weighted by atomic mass is 9.74. The van der Waals surface area contributed by atoms with E-state index < -0.39 is 5.97 Å². The van der Waals surface area contributed by atoms with Gasteiger partial charge in [-0.1, -0.05) is 35.3 Å². The quantitative estimate of drug-likeness (QED) is 0.707. The van der Waals surface area contributed by atoms with Gasteiger partial charge in [0.25, 0.3) is 0 Å². The molecular weight excluding hydrogens is 413 g/mol. The smallest absolute Gasteiger partial charge is 0.304 e. The Hall–Kier alpha value is -1.95. The summed E-state index contributed by atoms with van der Waals surface area (Å²) in [7, 11) is 0. The molecule has 2 aliphatic rings. The Bertz CT molecular complexity index is 889. The molecular formula is C22H23Cl2NO4. The van der Waals surface area contributed by atoms with Crippen LogP contribution >= 0.6 is 23.2 Å². The highest BCUT2D eigenvalue weighted by atomic mass is 35.5. The normalized spacial score (nSPS) is 17.7. The highest BCUT2D eigenvalue weighted by Gasteiger charge is 2.43. The predicted molar refractivity (Wildman–Crippen MR) is 112 cm³/mol. The summed E-state index contributed by atoms with van der Waals surface area (Å²) < 4.78 is 11.9. The van der Waals surface area contributed by atoms with Crippen molar-refractivity contribution in [1.82, 2.24) is 4.90 Å². The van der Waals surface area contributed by atoms with Gasteiger partial charge in [-0.3, -0.25) is 4.79 Å². The first-order chi connectivity index (χ1) is 14.0. The van der Waals surface area contributed by atoms with E-state index in [0.29, 0.717) is 29.8 Å². The average molecular weight is 436 g/mol. The molecule has 2 aromatic carbocycles. The van der Waals surface area contributed by atoms with E-state index in [0.717, 1.165) is 43.0 Å². The molecule has 1 saturated heterocycles. The second kappa shape index (κ2) is 8.42. The van der Waals surface area contributed by atoms with Gasteiger partial charge in [-0.2, -0.15) is 0 Å². The largest absolute Gasteiger partial charge is 0.492 e. The number of likely N-dealkylation sites (tertiary alicyclic amines) is 1. The molecule has 1 N–H and O–H groups in total. The van der Waals surface area contributed by atoms with Crippen molar-refractivity contribution >= 4 is 29.2 Å². The maximum Gasteiger partial charge on any atom is 0.304 e. The summed E-state index contributed by atoms with van der Waals surface area (Å²) in [5.41, 5.74) is 2.00. The van der Waals surface area contributed by atoms with E-state index >= 15 is 0 Å². The number of nitrogens with zero attached hydrogens (tertiary/aromatic N) is 1. The zero-order chi connectivity index (χ0) is 20.4. The fourth-order valence-corrected chi connectivity index (χ4v) is 4.65. The highest BCUT2D eigenvalue weighted by molar-refractivity contribution is 6.35. The van der Waals surface area contributed by atoms with E-state index in [1.807, 2.05) is 18.2 Å².